The van der Waals surface area contributed by atoms with Crippen molar-refractivity contribution in [3.05, 3.63) is 35.9 Å². The fraction of sp³-hybridized carbons (Fsp3) is 0.357. The highest BCUT2D eigenvalue weighted by molar-refractivity contribution is 5.32. The maximum absolute atomic E-state index is 5.58. The van der Waals surface area contributed by atoms with Gasteiger partial charge in [-0.2, -0.15) is 15.0 Å². The van der Waals surface area contributed by atoms with Crippen molar-refractivity contribution in [2.45, 2.75) is 19.3 Å². The Morgan fingerprint density at radius 2 is 1.95 bits per heavy atom. The van der Waals surface area contributed by atoms with Crippen molar-refractivity contribution in [2.75, 3.05) is 24.7 Å². The molecular weight excluding hydrogens is 254 g/mol. The second-order valence-electron chi connectivity index (χ2n) is 4.53. The number of anilines is 2. The largest absolute Gasteiger partial charge is 0.467 e. The highest BCUT2D eigenvalue weighted by atomic mass is 16.5. The van der Waals surface area contributed by atoms with Crippen LogP contribution < -0.4 is 15.8 Å². The molecule has 3 N–H and O–H groups in total. The maximum atomic E-state index is 5.58. The third kappa shape index (κ3) is 3.81. The van der Waals surface area contributed by atoms with E-state index < -0.39 is 0 Å². The summed E-state index contributed by atoms with van der Waals surface area (Å²) >= 11 is 0. The van der Waals surface area contributed by atoms with Crippen LogP contribution in [0.2, 0.25) is 0 Å². The van der Waals surface area contributed by atoms with Crippen LogP contribution in [0, 0.1) is 0 Å². The monoisotopic (exact) mass is 273 g/mol. The van der Waals surface area contributed by atoms with Gasteiger partial charge in [0.15, 0.2) is 0 Å². The summed E-state index contributed by atoms with van der Waals surface area (Å²) in [6.45, 7) is 2.95. The van der Waals surface area contributed by atoms with Gasteiger partial charge in [-0.15, -0.1) is 0 Å². The number of rotatable bonds is 6. The third-order valence-electron chi connectivity index (χ3n) is 3.04. The van der Waals surface area contributed by atoms with Gasteiger partial charge >= 0.3 is 6.01 Å². The fourth-order valence-corrected chi connectivity index (χ4v) is 1.89. The standard InChI is InChI=1S/C14H19N5O/c1-10(11-6-4-3-5-7-11)8-9-16-13-17-12(15)18-14(19-13)20-2/h3-7,10H,8-9H2,1-2H3,(H3,15,16,17,18,19). The first-order valence-electron chi connectivity index (χ1n) is 6.53. The van der Waals surface area contributed by atoms with Crippen molar-refractivity contribution < 1.29 is 4.74 Å². The van der Waals surface area contributed by atoms with Crippen molar-refractivity contribution in [3.8, 4) is 6.01 Å². The summed E-state index contributed by atoms with van der Waals surface area (Å²) < 4.78 is 4.95. The predicted octanol–water partition coefficient (Wildman–Crippen LogP) is 2.07. The molecule has 0 saturated carbocycles. The molecule has 0 radical (unpaired) electrons. The summed E-state index contributed by atoms with van der Waals surface area (Å²) in [5.41, 5.74) is 6.90. The molecular formula is C14H19N5O. The molecule has 106 valence electrons. The molecule has 0 bridgehead atoms. The fourth-order valence-electron chi connectivity index (χ4n) is 1.89. The van der Waals surface area contributed by atoms with E-state index in [9.17, 15) is 0 Å². The van der Waals surface area contributed by atoms with E-state index in [2.05, 4.69) is 51.5 Å². The van der Waals surface area contributed by atoms with Gasteiger partial charge in [-0.1, -0.05) is 37.3 Å². The van der Waals surface area contributed by atoms with Crippen LogP contribution >= 0.6 is 0 Å². The van der Waals surface area contributed by atoms with E-state index in [0.29, 0.717) is 11.9 Å². The molecule has 0 aliphatic heterocycles. The van der Waals surface area contributed by atoms with Gasteiger partial charge in [-0.05, 0) is 17.9 Å². The van der Waals surface area contributed by atoms with Crippen molar-refractivity contribution in [2.24, 2.45) is 0 Å². The van der Waals surface area contributed by atoms with Crippen molar-refractivity contribution >= 4 is 11.9 Å². The van der Waals surface area contributed by atoms with E-state index in [0.717, 1.165) is 13.0 Å². The molecule has 6 nitrogen and oxygen atoms in total. The molecule has 2 aromatic rings. The van der Waals surface area contributed by atoms with Crippen LogP contribution in [-0.2, 0) is 0 Å². The van der Waals surface area contributed by atoms with Gasteiger partial charge in [-0.25, -0.2) is 0 Å². The highest BCUT2D eigenvalue weighted by Crippen LogP contribution is 2.18. The first kappa shape index (κ1) is 14.0. The van der Waals surface area contributed by atoms with E-state index in [1.54, 1.807) is 0 Å². The van der Waals surface area contributed by atoms with Gasteiger partial charge in [0, 0.05) is 6.54 Å². The van der Waals surface area contributed by atoms with Gasteiger partial charge in [0.05, 0.1) is 7.11 Å². The smallest absolute Gasteiger partial charge is 0.322 e. The Bertz CT molecular complexity index is 547. The Labute approximate surface area is 118 Å². The molecule has 1 unspecified atom stereocenters. The average Bonchev–Trinajstić information content (AvgIpc) is 2.47. The van der Waals surface area contributed by atoms with Gasteiger partial charge in [-0.3, -0.25) is 0 Å². The molecule has 0 saturated heterocycles. The predicted molar refractivity (Wildman–Crippen MR) is 78.8 cm³/mol. The number of ether oxygens (including phenoxy) is 1. The summed E-state index contributed by atoms with van der Waals surface area (Å²) in [4.78, 5) is 11.9. The lowest BCUT2D eigenvalue weighted by Crippen LogP contribution is -2.11. The second kappa shape index (κ2) is 6.70. The number of aromatic nitrogens is 3. The van der Waals surface area contributed by atoms with Crippen molar-refractivity contribution in [3.63, 3.8) is 0 Å². The van der Waals surface area contributed by atoms with Crippen LogP contribution in [0.15, 0.2) is 30.3 Å². The number of nitrogens with one attached hydrogen (secondary N) is 1. The number of nitrogens with zero attached hydrogens (tertiary/aromatic N) is 3. The molecule has 0 amide bonds. The van der Waals surface area contributed by atoms with Crippen LogP contribution in [0.1, 0.15) is 24.8 Å². The lowest BCUT2D eigenvalue weighted by molar-refractivity contribution is 0.379. The number of hydrogen-bond acceptors (Lipinski definition) is 6. The molecule has 1 aromatic carbocycles. The van der Waals surface area contributed by atoms with Gasteiger partial charge in [0.25, 0.3) is 0 Å². The zero-order valence-electron chi connectivity index (χ0n) is 11.7. The normalized spacial score (nSPS) is 11.9. The zero-order valence-corrected chi connectivity index (χ0v) is 11.7. The number of nitrogen functional groups attached to an aromatic ring is 1. The summed E-state index contributed by atoms with van der Waals surface area (Å²) in [5, 5.41) is 3.14. The van der Waals surface area contributed by atoms with Crippen molar-refractivity contribution in [1.29, 1.82) is 0 Å². The molecule has 0 spiro atoms. The minimum atomic E-state index is 0.149. The molecule has 0 fully saturated rings. The highest BCUT2D eigenvalue weighted by Gasteiger charge is 2.07. The van der Waals surface area contributed by atoms with E-state index in [4.69, 9.17) is 10.5 Å². The Morgan fingerprint density at radius 3 is 2.65 bits per heavy atom. The summed E-state index contributed by atoms with van der Waals surface area (Å²) in [6, 6.07) is 10.6. The van der Waals surface area contributed by atoms with Gasteiger partial charge < -0.3 is 15.8 Å². The molecule has 20 heavy (non-hydrogen) atoms. The Hall–Kier alpha value is -2.37. The minimum absolute atomic E-state index is 0.149. The van der Waals surface area contributed by atoms with Crippen LogP contribution in [0.5, 0.6) is 6.01 Å². The van der Waals surface area contributed by atoms with Gasteiger partial charge in [0.1, 0.15) is 0 Å². The third-order valence-corrected chi connectivity index (χ3v) is 3.04. The van der Waals surface area contributed by atoms with Crippen LogP contribution in [-0.4, -0.2) is 28.6 Å². The van der Waals surface area contributed by atoms with Crippen LogP contribution in [0.25, 0.3) is 0 Å². The van der Waals surface area contributed by atoms with E-state index in [-0.39, 0.29) is 12.0 Å². The van der Waals surface area contributed by atoms with E-state index in [1.807, 2.05) is 6.07 Å². The van der Waals surface area contributed by atoms with E-state index in [1.165, 1.54) is 12.7 Å². The summed E-state index contributed by atoms with van der Waals surface area (Å²) in [5.74, 6) is 1.05. The minimum Gasteiger partial charge on any atom is -0.467 e. The summed E-state index contributed by atoms with van der Waals surface area (Å²) in [6.07, 6.45) is 0.970. The maximum Gasteiger partial charge on any atom is 0.322 e. The summed E-state index contributed by atoms with van der Waals surface area (Å²) in [7, 11) is 1.50. The molecule has 0 aliphatic carbocycles. The first-order valence-corrected chi connectivity index (χ1v) is 6.53. The quantitative estimate of drug-likeness (QED) is 0.838. The topological polar surface area (TPSA) is 86.0 Å². The Kier molecular flexibility index (Phi) is 4.70. The second-order valence-corrected chi connectivity index (χ2v) is 4.53. The molecule has 0 aliphatic rings. The van der Waals surface area contributed by atoms with Crippen LogP contribution in [0.3, 0.4) is 0 Å². The number of nitrogens with two attached hydrogens (primary N) is 1. The Morgan fingerprint density at radius 1 is 1.20 bits per heavy atom. The number of benzene rings is 1. The average molecular weight is 273 g/mol. The van der Waals surface area contributed by atoms with Gasteiger partial charge in [0.2, 0.25) is 11.9 Å². The van der Waals surface area contributed by atoms with Crippen LogP contribution in [0.4, 0.5) is 11.9 Å². The lowest BCUT2D eigenvalue weighted by atomic mass is 9.98. The Balaban J connectivity index is 1.88. The molecule has 6 heteroatoms. The number of methoxy groups -OCH3 is 1. The molecule has 2 rings (SSSR count). The zero-order chi connectivity index (χ0) is 14.4. The molecule has 1 aromatic heterocycles. The lowest BCUT2D eigenvalue weighted by Gasteiger charge is -2.12. The number of hydrogen-bond donors (Lipinski definition) is 2. The molecule has 1 heterocycles. The first-order chi connectivity index (χ1) is 9.69. The molecule has 1 atom stereocenters. The SMILES string of the molecule is COc1nc(N)nc(NCCC(C)c2ccccc2)n1. The van der Waals surface area contributed by atoms with E-state index >= 15 is 0 Å². The van der Waals surface area contributed by atoms with Crippen molar-refractivity contribution in [1.82, 2.24) is 15.0 Å².